The van der Waals surface area contributed by atoms with E-state index in [1.807, 2.05) is 48.5 Å². The number of hydrogen-bond donors (Lipinski definition) is 3. The lowest BCUT2D eigenvalue weighted by Gasteiger charge is -2.18. The van der Waals surface area contributed by atoms with Crippen LogP contribution in [0.2, 0.25) is 10.0 Å². The van der Waals surface area contributed by atoms with Gasteiger partial charge in [0, 0.05) is 34.2 Å². The number of nitrogens with zero attached hydrogens (tertiary/aromatic N) is 1. The number of hydrogen-bond acceptors (Lipinski definition) is 5. The van der Waals surface area contributed by atoms with Crippen molar-refractivity contribution < 1.29 is 14.4 Å². The zero-order chi connectivity index (χ0) is 31.6. The second-order valence-corrected chi connectivity index (χ2v) is 11.7. The van der Waals surface area contributed by atoms with Crippen LogP contribution in [-0.4, -0.2) is 22.7 Å². The van der Waals surface area contributed by atoms with Crippen molar-refractivity contribution in [2.75, 3.05) is 10.6 Å². The van der Waals surface area contributed by atoms with Crippen LogP contribution in [0.3, 0.4) is 0 Å². The molecule has 0 fully saturated rings. The lowest BCUT2D eigenvalue weighted by molar-refractivity contribution is -0.116. The summed E-state index contributed by atoms with van der Waals surface area (Å²) >= 11 is 13.5. The van der Waals surface area contributed by atoms with Gasteiger partial charge in [0.25, 0.3) is 11.8 Å². The number of rotatable bonds is 10. The summed E-state index contributed by atoms with van der Waals surface area (Å²) in [5.74, 6) is -1.16. The topological polar surface area (TPSA) is 100 Å². The first-order chi connectivity index (χ1) is 21.9. The molecule has 0 bridgehead atoms. The first-order valence-electron chi connectivity index (χ1n) is 13.7. The van der Waals surface area contributed by atoms with Crippen LogP contribution in [0.15, 0.2) is 138 Å². The van der Waals surface area contributed by atoms with Crippen molar-refractivity contribution in [2.24, 2.45) is 0 Å². The molecule has 224 valence electrons. The lowest BCUT2D eigenvalue weighted by Crippen LogP contribution is -2.30. The molecule has 4 aromatic carbocycles. The van der Waals surface area contributed by atoms with Gasteiger partial charge in [-0.3, -0.25) is 19.4 Å². The van der Waals surface area contributed by atoms with E-state index in [0.29, 0.717) is 32.5 Å². The molecule has 1 aromatic heterocycles. The van der Waals surface area contributed by atoms with Gasteiger partial charge >= 0.3 is 0 Å². The van der Waals surface area contributed by atoms with Gasteiger partial charge in [-0.1, -0.05) is 77.8 Å². The van der Waals surface area contributed by atoms with Crippen molar-refractivity contribution in [2.45, 2.75) is 10.1 Å². The Kier molecular flexibility index (Phi) is 10.7. The number of carbonyl (C=O) groups excluding carboxylic acids is 3. The van der Waals surface area contributed by atoms with Crippen LogP contribution in [0.5, 0.6) is 0 Å². The molecule has 0 aliphatic rings. The van der Waals surface area contributed by atoms with Gasteiger partial charge in [0.2, 0.25) is 5.91 Å². The Labute approximate surface area is 274 Å². The maximum atomic E-state index is 13.4. The van der Waals surface area contributed by atoms with E-state index >= 15 is 0 Å². The fourth-order valence-corrected chi connectivity index (χ4v) is 5.53. The van der Waals surface area contributed by atoms with Crippen molar-refractivity contribution in [1.29, 1.82) is 0 Å². The molecule has 0 aliphatic heterocycles. The molecular formula is C35H26Cl2N4O3S. The van der Waals surface area contributed by atoms with E-state index in [-0.39, 0.29) is 11.6 Å². The fraction of sp³-hybridized carbons (Fsp3) is 0.0286. The Balaban J connectivity index is 1.31. The molecule has 1 atom stereocenters. The molecule has 3 amide bonds. The lowest BCUT2D eigenvalue weighted by atomic mass is 10.1. The average molecular weight is 654 g/mol. The van der Waals surface area contributed by atoms with Crippen molar-refractivity contribution >= 4 is 70.1 Å². The summed E-state index contributed by atoms with van der Waals surface area (Å²) in [6, 6.07) is 33.6. The third kappa shape index (κ3) is 8.83. The number of benzene rings is 4. The minimum absolute atomic E-state index is 0.0541. The van der Waals surface area contributed by atoms with E-state index in [1.165, 1.54) is 11.8 Å². The van der Waals surface area contributed by atoms with Crippen molar-refractivity contribution in [1.82, 2.24) is 10.3 Å². The maximum absolute atomic E-state index is 13.4. The van der Waals surface area contributed by atoms with Gasteiger partial charge in [-0.05, 0) is 77.9 Å². The van der Waals surface area contributed by atoms with Gasteiger partial charge in [-0.2, -0.15) is 0 Å². The number of nitrogens with one attached hydrogen (secondary N) is 3. The number of thioether (sulfide) groups is 1. The van der Waals surface area contributed by atoms with Gasteiger partial charge in [0.1, 0.15) is 10.9 Å². The number of halogens is 2. The molecule has 0 aliphatic carbocycles. The van der Waals surface area contributed by atoms with Crippen LogP contribution in [0.4, 0.5) is 11.4 Å². The van der Waals surface area contributed by atoms with Crippen molar-refractivity contribution in [3.63, 3.8) is 0 Å². The molecule has 0 saturated heterocycles. The summed E-state index contributed by atoms with van der Waals surface area (Å²) in [4.78, 5) is 44.5. The van der Waals surface area contributed by atoms with E-state index in [4.69, 9.17) is 23.2 Å². The predicted octanol–water partition coefficient (Wildman–Crippen LogP) is 8.27. The summed E-state index contributed by atoms with van der Waals surface area (Å²) in [6.45, 7) is 0. The van der Waals surface area contributed by atoms with Gasteiger partial charge < -0.3 is 16.0 Å². The normalized spacial score (nSPS) is 11.7. The molecule has 10 heteroatoms. The summed E-state index contributed by atoms with van der Waals surface area (Å²) < 4.78 is 0. The van der Waals surface area contributed by atoms with E-state index in [1.54, 1.807) is 85.2 Å². The largest absolute Gasteiger partial charge is 0.325 e. The number of anilines is 2. The van der Waals surface area contributed by atoms with E-state index in [2.05, 4.69) is 20.9 Å². The number of amides is 3. The summed E-state index contributed by atoms with van der Waals surface area (Å²) in [5.41, 5.74) is 2.97. The zero-order valence-electron chi connectivity index (χ0n) is 23.6. The number of carbonyl (C=O) groups is 3. The number of aromatic nitrogens is 1. The molecule has 5 aromatic rings. The second-order valence-electron chi connectivity index (χ2n) is 9.67. The van der Waals surface area contributed by atoms with E-state index in [9.17, 15) is 14.4 Å². The smallest absolute Gasteiger partial charge is 0.272 e. The van der Waals surface area contributed by atoms with Gasteiger partial charge in [0.15, 0.2) is 0 Å². The minimum atomic E-state index is -0.580. The molecular weight excluding hydrogens is 627 g/mol. The molecule has 7 nitrogen and oxygen atoms in total. The molecule has 45 heavy (non-hydrogen) atoms. The molecule has 1 unspecified atom stereocenters. The van der Waals surface area contributed by atoms with Crippen LogP contribution in [-0.2, 0) is 9.59 Å². The van der Waals surface area contributed by atoms with Crippen LogP contribution in [0.25, 0.3) is 6.08 Å². The van der Waals surface area contributed by atoms with E-state index < -0.39 is 17.1 Å². The first-order valence-corrected chi connectivity index (χ1v) is 15.4. The Bertz CT molecular complexity index is 1820. The Morgan fingerprint density at radius 1 is 0.733 bits per heavy atom. The predicted molar refractivity (Wildman–Crippen MR) is 181 cm³/mol. The Morgan fingerprint density at radius 3 is 2.09 bits per heavy atom. The maximum Gasteiger partial charge on any atom is 0.272 e. The average Bonchev–Trinajstić information content (AvgIpc) is 3.07. The van der Waals surface area contributed by atoms with Crippen LogP contribution in [0, 0.1) is 0 Å². The highest BCUT2D eigenvalue weighted by Crippen LogP contribution is 2.37. The standard InChI is InChI=1S/C35H26Cl2N4O3S/c36-29-18-15-27(21-30(29)37)40-35(44)32(24-9-3-1-4-10-24)45-28-16-13-26(14-17-28)39-34(43)31(20-23-8-7-19-38-22-23)41-33(42)25-11-5-2-6-12-25/h1-22,32H,(H,39,43)(H,40,44)(H,41,42)/b31-20-. The molecule has 5 rings (SSSR count). The zero-order valence-corrected chi connectivity index (χ0v) is 25.9. The van der Waals surface area contributed by atoms with Gasteiger partial charge in [0.05, 0.1) is 10.0 Å². The molecule has 3 N–H and O–H groups in total. The highest BCUT2D eigenvalue weighted by Gasteiger charge is 2.23. The second kappa shape index (κ2) is 15.2. The monoisotopic (exact) mass is 652 g/mol. The first kappa shape index (κ1) is 31.5. The SMILES string of the molecule is O=C(Nc1ccc(SC(C(=O)Nc2ccc(Cl)c(Cl)c2)c2ccccc2)cc1)/C(=C/c1cccnc1)NC(=O)c1ccccc1. The number of pyridine rings is 1. The minimum Gasteiger partial charge on any atom is -0.325 e. The molecule has 0 saturated carbocycles. The highest BCUT2D eigenvalue weighted by atomic mass is 35.5. The quantitative estimate of drug-likeness (QED) is 0.104. The summed E-state index contributed by atoms with van der Waals surface area (Å²) in [6.07, 6.45) is 4.78. The van der Waals surface area contributed by atoms with Crippen molar-refractivity contribution in [3.8, 4) is 0 Å². The molecule has 1 heterocycles. The fourth-order valence-electron chi connectivity index (χ4n) is 4.20. The summed E-state index contributed by atoms with van der Waals surface area (Å²) in [7, 11) is 0. The summed E-state index contributed by atoms with van der Waals surface area (Å²) in [5, 5.41) is 8.64. The van der Waals surface area contributed by atoms with Crippen molar-refractivity contribution in [3.05, 3.63) is 160 Å². The van der Waals surface area contributed by atoms with Crippen LogP contribution < -0.4 is 16.0 Å². The Morgan fingerprint density at radius 2 is 1.42 bits per heavy atom. The van der Waals surface area contributed by atoms with E-state index in [0.717, 1.165) is 10.5 Å². The van der Waals surface area contributed by atoms with Gasteiger partial charge in [-0.25, -0.2) is 0 Å². The van der Waals surface area contributed by atoms with Gasteiger partial charge in [-0.15, -0.1) is 11.8 Å². The third-order valence-electron chi connectivity index (χ3n) is 6.42. The molecule has 0 spiro atoms. The third-order valence-corrected chi connectivity index (χ3v) is 8.42. The Hall–Kier alpha value is -4.89. The highest BCUT2D eigenvalue weighted by molar-refractivity contribution is 8.00. The van der Waals surface area contributed by atoms with Crippen LogP contribution in [0.1, 0.15) is 26.7 Å². The molecule has 0 radical (unpaired) electrons. The van der Waals surface area contributed by atoms with Crippen LogP contribution >= 0.6 is 35.0 Å².